The van der Waals surface area contributed by atoms with Gasteiger partial charge in [0.25, 0.3) is 0 Å². The van der Waals surface area contributed by atoms with Crippen molar-refractivity contribution in [3.05, 3.63) is 94.8 Å². The molecule has 0 atom stereocenters. The summed E-state index contributed by atoms with van der Waals surface area (Å²) in [6, 6.07) is 17.4. The molecule has 0 aliphatic carbocycles. The van der Waals surface area contributed by atoms with Crippen LogP contribution in [0.5, 0.6) is 0 Å². The standard InChI is InChI=1S/C24H20ClN3O/c1-16-9-10-19(22-15-28-13-5-6-17(2)24(28)27-22)14-21(16)26-23(29)12-11-18-7-3-4-8-20(18)25/h3-15H,1-2H3,(H,26,29)/b12-11+. The van der Waals surface area contributed by atoms with E-state index >= 15 is 0 Å². The van der Waals surface area contributed by atoms with Crippen molar-refractivity contribution < 1.29 is 4.79 Å². The number of rotatable bonds is 4. The number of anilines is 1. The van der Waals surface area contributed by atoms with E-state index in [9.17, 15) is 4.79 Å². The van der Waals surface area contributed by atoms with Crippen LogP contribution in [0.4, 0.5) is 5.69 Å². The van der Waals surface area contributed by atoms with E-state index in [1.165, 1.54) is 6.08 Å². The van der Waals surface area contributed by atoms with Gasteiger partial charge in [-0.05, 0) is 54.8 Å². The summed E-state index contributed by atoms with van der Waals surface area (Å²) in [4.78, 5) is 17.2. The Hall–Kier alpha value is -3.37. The average Bonchev–Trinajstić information content (AvgIpc) is 3.15. The van der Waals surface area contributed by atoms with Gasteiger partial charge in [-0.2, -0.15) is 0 Å². The Morgan fingerprint density at radius 1 is 1.07 bits per heavy atom. The van der Waals surface area contributed by atoms with Crippen LogP contribution in [-0.4, -0.2) is 15.3 Å². The summed E-state index contributed by atoms with van der Waals surface area (Å²) < 4.78 is 2.01. The quantitative estimate of drug-likeness (QED) is 0.431. The first-order valence-electron chi connectivity index (χ1n) is 9.30. The number of fused-ring (bicyclic) bond motifs is 1. The summed E-state index contributed by atoms with van der Waals surface area (Å²) in [5.74, 6) is -0.212. The number of aryl methyl sites for hydroxylation is 2. The molecular weight excluding hydrogens is 382 g/mol. The van der Waals surface area contributed by atoms with E-state index in [-0.39, 0.29) is 5.91 Å². The zero-order chi connectivity index (χ0) is 20.4. The maximum Gasteiger partial charge on any atom is 0.248 e. The summed E-state index contributed by atoms with van der Waals surface area (Å²) in [5, 5.41) is 3.56. The summed E-state index contributed by atoms with van der Waals surface area (Å²) in [6.07, 6.45) is 7.18. The van der Waals surface area contributed by atoms with Crippen molar-refractivity contribution in [2.75, 3.05) is 5.32 Å². The Morgan fingerprint density at radius 2 is 1.90 bits per heavy atom. The molecule has 0 unspecified atom stereocenters. The van der Waals surface area contributed by atoms with Crippen molar-refractivity contribution in [1.82, 2.24) is 9.38 Å². The lowest BCUT2D eigenvalue weighted by molar-refractivity contribution is -0.111. The lowest BCUT2D eigenvalue weighted by Gasteiger charge is -2.08. The van der Waals surface area contributed by atoms with Gasteiger partial charge in [-0.15, -0.1) is 0 Å². The van der Waals surface area contributed by atoms with E-state index < -0.39 is 0 Å². The largest absolute Gasteiger partial charge is 0.322 e. The second kappa shape index (κ2) is 7.94. The lowest BCUT2D eigenvalue weighted by atomic mass is 10.1. The topological polar surface area (TPSA) is 46.4 Å². The maximum atomic E-state index is 12.4. The van der Waals surface area contributed by atoms with Gasteiger partial charge < -0.3 is 9.72 Å². The molecule has 4 rings (SSSR count). The van der Waals surface area contributed by atoms with E-state index in [1.54, 1.807) is 12.1 Å². The number of nitrogens with zero attached hydrogens (tertiary/aromatic N) is 2. The molecule has 4 aromatic rings. The highest BCUT2D eigenvalue weighted by atomic mass is 35.5. The van der Waals surface area contributed by atoms with Crippen LogP contribution in [0.3, 0.4) is 0 Å². The minimum Gasteiger partial charge on any atom is -0.322 e. The molecule has 2 aromatic heterocycles. The number of halogens is 1. The Labute approximate surface area is 174 Å². The number of hydrogen-bond donors (Lipinski definition) is 1. The van der Waals surface area contributed by atoms with Gasteiger partial charge in [0.05, 0.1) is 5.69 Å². The number of hydrogen-bond acceptors (Lipinski definition) is 2. The lowest BCUT2D eigenvalue weighted by Crippen LogP contribution is -2.09. The molecule has 0 radical (unpaired) electrons. The average molecular weight is 402 g/mol. The second-order valence-corrected chi connectivity index (χ2v) is 7.33. The van der Waals surface area contributed by atoms with Crippen LogP contribution in [0.1, 0.15) is 16.7 Å². The molecule has 2 aromatic carbocycles. The van der Waals surface area contributed by atoms with E-state index in [4.69, 9.17) is 16.6 Å². The molecule has 0 saturated carbocycles. The Morgan fingerprint density at radius 3 is 2.69 bits per heavy atom. The third-order valence-corrected chi connectivity index (χ3v) is 5.13. The van der Waals surface area contributed by atoms with E-state index in [1.807, 2.05) is 79.2 Å². The van der Waals surface area contributed by atoms with Gasteiger partial charge in [-0.25, -0.2) is 4.98 Å². The Balaban J connectivity index is 1.59. The summed E-state index contributed by atoms with van der Waals surface area (Å²) in [6.45, 7) is 4.00. The predicted octanol–water partition coefficient (Wildman–Crippen LogP) is 5.92. The van der Waals surface area contributed by atoms with Gasteiger partial charge in [-0.1, -0.05) is 48.0 Å². The van der Waals surface area contributed by atoms with Crippen molar-refractivity contribution in [3.8, 4) is 11.3 Å². The van der Waals surface area contributed by atoms with Gasteiger partial charge >= 0.3 is 0 Å². The molecule has 5 heteroatoms. The van der Waals surface area contributed by atoms with Crippen LogP contribution >= 0.6 is 11.6 Å². The van der Waals surface area contributed by atoms with Crippen molar-refractivity contribution in [1.29, 1.82) is 0 Å². The van der Waals surface area contributed by atoms with Gasteiger partial charge in [0.15, 0.2) is 0 Å². The first-order valence-corrected chi connectivity index (χ1v) is 9.68. The summed E-state index contributed by atoms with van der Waals surface area (Å²) in [7, 11) is 0. The molecule has 144 valence electrons. The fourth-order valence-electron chi connectivity index (χ4n) is 3.16. The Kier molecular flexibility index (Phi) is 5.19. The molecule has 0 aliphatic rings. The normalized spacial score (nSPS) is 11.3. The molecular formula is C24H20ClN3O. The minimum absolute atomic E-state index is 0.212. The fraction of sp³-hybridized carbons (Fsp3) is 0.0833. The number of aromatic nitrogens is 2. The highest BCUT2D eigenvalue weighted by molar-refractivity contribution is 6.32. The van der Waals surface area contributed by atoms with Crippen LogP contribution < -0.4 is 5.32 Å². The van der Waals surface area contributed by atoms with Crippen LogP contribution in [-0.2, 0) is 4.79 Å². The second-order valence-electron chi connectivity index (χ2n) is 6.92. The van der Waals surface area contributed by atoms with Crippen LogP contribution in [0, 0.1) is 13.8 Å². The monoisotopic (exact) mass is 401 g/mol. The van der Waals surface area contributed by atoms with E-state index in [0.29, 0.717) is 5.02 Å². The molecule has 0 spiro atoms. The number of carbonyl (C=O) groups is 1. The highest BCUT2D eigenvalue weighted by Crippen LogP contribution is 2.26. The summed E-state index contributed by atoms with van der Waals surface area (Å²) in [5.41, 5.74) is 6.39. The number of amides is 1. The zero-order valence-electron chi connectivity index (χ0n) is 16.2. The van der Waals surface area contributed by atoms with Crippen LogP contribution in [0.2, 0.25) is 5.02 Å². The SMILES string of the molecule is Cc1ccc(-c2cn3cccc(C)c3n2)cc1NC(=O)/C=C/c1ccccc1Cl. The number of nitrogens with one attached hydrogen (secondary N) is 1. The number of carbonyl (C=O) groups excluding carboxylic acids is 1. The Bertz CT molecular complexity index is 1240. The summed E-state index contributed by atoms with van der Waals surface area (Å²) >= 11 is 6.13. The van der Waals surface area contributed by atoms with Gasteiger partial charge in [0, 0.05) is 34.7 Å². The molecule has 0 aliphatic heterocycles. The van der Waals surface area contributed by atoms with Crippen molar-refractivity contribution >= 4 is 34.9 Å². The van der Waals surface area contributed by atoms with Crippen molar-refractivity contribution in [2.24, 2.45) is 0 Å². The predicted molar refractivity (Wildman–Crippen MR) is 119 cm³/mol. The van der Waals surface area contributed by atoms with Gasteiger partial charge in [-0.3, -0.25) is 4.79 Å². The fourth-order valence-corrected chi connectivity index (χ4v) is 3.36. The maximum absolute atomic E-state index is 12.4. The molecule has 4 nitrogen and oxygen atoms in total. The molecule has 0 bridgehead atoms. The number of pyridine rings is 1. The first-order chi connectivity index (χ1) is 14.0. The van der Waals surface area contributed by atoms with Crippen LogP contribution in [0.15, 0.2) is 73.1 Å². The third kappa shape index (κ3) is 4.08. The van der Waals surface area contributed by atoms with E-state index in [2.05, 4.69) is 5.32 Å². The van der Waals surface area contributed by atoms with Gasteiger partial charge in [0.1, 0.15) is 5.65 Å². The number of imidazole rings is 1. The third-order valence-electron chi connectivity index (χ3n) is 4.79. The van der Waals surface area contributed by atoms with E-state index in [0.717, 1.165) is 39.3 Å². The first kappa shape index (κ1) is 19.0. The molecule has 29 heavy (non-hydrogen) atoms. The molecule has 1 N–H and O–H groups in total. The smallest absolute Gasteiger partial charge is 0.248 e. The minimum atomic E-state index is -0.212. The molecule has 2 heterocycles. The molecule has 0 saturated heterocycles. The van der Waals surface area contributed by atoms with Gasteiger partial charge in [0.2, 0.25) is 5.91 Å². The highest BCUT2D eigenvalue weighted by Gasteiger charge is 2.09. The molecule has 0 fully saturated rings. The van der Waals surface area contributed by atoms with Crippen molar-refractivity contribution in [3.63, 3.8) is 0 Å². The zero-order valence-corrected chi connectivity index (χ0v) is 16.9. The number of benzene rings is 2. The molecule has 1 amide bonds. The van der Waals surface area contributed by atoms with Crippen LogP contribution in [0.25, 0.3) is 23.0 Å². The van der Waals surface area contributed by atoms with Crippen molar-refractivity contribution in [2.45, 2.75) is 13.8 Å².